The molecule has 0 atom stereocenters. The summed E-state index contributed by atoms with van der Waals surface area (Å²) in [5, 5.41) is 2.92. The molecule has 0 aliphatic heterocycles. The number of benzene rings is 1. The van der Waals surface area contributed by atoms with E-state index < -0.39 is 0 Å². The van der Waals surface area contributed by atoms with E-state index in [1.807, 2.05) is 6.08 Å². The first kappa shape index (κ1) is 13.9. The topological polar surface area (TPSA) is 29.1 Å². The summed E-state index contributed by atoms with van der Waals surface area (Å²) < 4.78 is 0. The van der Waals surface area contributed by atoms with Crippen molar-refractivity contribution in [3.8, 4) is 0 Å². The SMILES string of the molecule is CC(C)(C)c1ccc(C=CC(=O)NCC2CC2)cc1. The highest BCUT2D eigenvalue weighted by atomic mass is 16.1. The van der Waals surface area contributed by atoms with Gasteiger partial charge in [0.25, 0.3) is 0 Å². The molecule has 1 fully saturated rings. The van der Waals surface area contributed by atoms with Crippen LogP contribution >= 0.6 is 0 Å². The van der Waals surface area contributed by atoms with Gasteiger partial charge in [-0.05, 0) is 41.4 Å². The minimum absolute atomic E-state index is 0.00629. The summed E-state index contributed by atoms with van der Waals surface area (Å²) in [6.07, 6.45) is 6.01. The third kappa shape index (κ3) is 4.55. The highest BCUT2D eigenvalue weighted by Crippen LogP contribution is 2.27. The van der Waals surface area contributed by atoms with E-state index in [9.17, 15) is 4.79 Å². The number of carbonyl (C=O) groups excluding carboxylic acids is 1. The number of nitrogens with one attached hydrogen (secondary N) is 1. The van der Waals surface area contributed by atoms with Crippen molar-refractivity contribution < 1.29 is 4.79 Å². The third-order valence-corrected chi connectivity index (χ3v) is 3.47. The monoisotopic (exact) mass is 257 g/mol. The zero-order valence-electron chi connectivity index (χ0n) is 12.1. The molecule has 0 unspecified atom stereocenters. The first-order valence-electron chi connectivity index (χ1n) is 7.01. The van der Waals surface area contributed by atoms with Crippen molar-refractivity contribution >= 4 is 12.0 Å². The average Bonchev–Trinajstić information content (AvgIpc) is 3.17. The summed E-state index contributed by atoms with van der Waals surface area (Å²) in [4.78, 5) is 11.6. The van der Waals surface area contributed by atoms with Crippen molar-refractivity contribution in [1.82, 2.24) is 5.32 Å². The molecule has 1 aliphatic carbocycles. The lowest BCUT2D eigenvalue weighted by atomic mass is 9.87. The number of rotatable bonds is 4. The Morgan fingerprint density at radius 1 is 1.26 bits per heavy atom. The Bertz CT molecular complexity index is 461. The van der Waals surface area contributed by atoms with Crippen LogP contribution in [0.2, 0.25) is 0 Å². The van der Waals surface area contributed by atoms with Gasteiger partial charge in [0.15, 0.2) is 0 Å². The van der Waals surface area contributed by atoms with Crippen molar-refractivity contribution in [2.45, 2.75) is 39.0 Å². The Morgan fingerprint density at radius 3 is 2.42 bits per heavy atom. The predicted molar refractivity (Wildman–Crippen MR) is 79.9 cm³/mol. The summed E-state index contributed by atoms with van der Waals surface area (Å²) in [5.41, 5.74) is 2.54. The van der Waals surface area contributed by atoms with E-state index >= 15 is 0 Å². The molecule has 1 amide bonds. The molecule has 1 saturated carbocycles. The minimum Gasteiger partial charge on any atom is -0.352 e. The minimum atomic E-state index is 0.00629. The Hall–Kier alpha value is -1.57. The number of hydrogen-bond acceptors (Lipinski definition) is 1. The number of carbonyl (C=O) groups is 1. The average molecular weight is 257 g/mol. The first-order valence-corrected chi connectivity index (χ1v) is 7.01. The zero-order valence-corrected chi connectivity index (χ0v) is 12.1. The van der Waals surface area contributed by atoms with Crippen molar-refractivity contribution in [3.63, 3.8) is 0 Å². The second kappa shape index (κ2) is 5.60. The van der Waals surface area contributed by atoms with E-state index in [1.54, 1.807) is 6.08 Å². The van der Waals surface area contributed by atoms with Crippen LogP contribution in [0.4, 0.5) is 0 Å². The molecule has 102 valence electrons. The molecule has 0 bridgehead atoms. The predicted octanol–water partition coefficient (Wildman–Crippen LogP) is 3.52. The van der Waals surface area contributed by atoms with Crippen LogP contribution in [0.1, 0.15) is 44.7 Å². The fourth-order valence-electron chi connectivity index (χ4n) is 1.89. The summed E-state index contributed by atoms with van der Waals surface area (Å²) in [6, 6.07) is 8.38. The highest BCUT2D eigenvalue weighted by molar-refractivity contribution is 5.91. The molecule has 1 aromatic rings. The normalized spacial score (nSPS) is 15.7. The molecule has 0 heterocycles. The summed E-state index contributed by atoms with van der Waals surface area (Å²) in [6.45, 7) is 7.42. The lowest BCUT2D eigenvalue weighted by Gasteiger charge is -2.18. The van der Waals surface area contributed by atoms with Gasteiger partial charge in [-0.1, -0.05) is 45.0 Å². The molecule has 0 radical (unpaired) electrons. The second-order valence-electron chi connectivity index (χ2n) is 6.39. The molecule has 2 rings (SSSR count). The largest absolute Gasteiger partial charge is 0.352 e. The Morgan fingerprint density at radius 2 is 1.89 bits per heavy atom. The van der Waals surface area contributed by atoms with E-state index in [4.69, 9.17) is 0 Å². The molecule has 19 heavy (non-hydrogen) atoms. The van der Waals surface area contributed by atoms with Crippen molar-refractivity contribution in [2.75, 3.05) is 6.54 Å². The van der Waals surface area contributed by atoms with Crippen LogP contribution in [0.15, 0.2) is 30.3 Å². The van der Waals surface area contributed by atoms with Gasteiger partial charge in [-0.3, -0.25) is 4.79 Å². The van der Waals surface area contributed by atoms with Gasteiger partial charge in [-0.2, -0.15) is 0 Å². The lowest BCUT2D eigenvalue weighted by molar-refractivity contribution is -0.116. The molecule has 1 aliphatic rings. The van der Waals surface area contributed by atoms with Crippen LogP contribution in [0.3, 0.4) is 0 Å². The highest BCUT2D eigenvalue weighted by Gasteiger charge is 2.20. The quantitative estimate of drug-likeness (QED) is 0.821. The Balaban J connectivity index is 1.89. The van der Waals surface area contributed by atoms with Crippen LogP contribution in [0.25, 0.3) is 6.08 Å². The van der Waals surface area contributed by atoms with Crippen LogP contribution in [0.5, 0.6) is 0 Å². The van der Waals surface area contributed by atoms with E-state index in [-0.39, 0.29) is 11.3 Å². The molecule has 0 saturated heterocycles. The maximum Gasteiger partial charge on any atom is 0.244 e. The molecule has 1 aromatic carbocycles. The van der Waals surface area contributed by atoms with Gasteiger partial charge in [0.2, 0.25) is 5.91 Å². The maximum absolute atomic E-state index is 11.6. The Labute approximate surface area is 115 Å². The molecule has 2 heteroatoms. The third-order valence-electron chi connectivity index (χ3n) is 3.47. The molecular weight excluding hydrogens is 234 g/mol. The van der Waals surface area contributed by atoms with E-state index in [2.05, 4.69) is 50.4 Å². The molecule has 2 nitrogen and oxygen atoms in total. The van der Waals surface area contributed by atoms with Crippen molar-refractivity contribution in [3.05, 3.63) is 41.5 Å². The van der Waals surface area contributed by atoms with Crippen molar-refractivity contribution in [1.29, 1.82) is 0 Å². The van der Waals surface area contributed by atoms with Crippen LogP contribution in [-0.2, 0) is 10.2 Å². The van der Waals surface area contributed by atoms with E-state index in [0.29, 0.717) is 0 Å². The van der Waals surface area contributed by atoms with Gasteiger partial charge in [-0.25, -0.2) is 0 Å². The van der Waals surface area contributed by atoms with Crippen LogP contribution in [0, 0.1) is 5.92 Å². The maximum atomic E-state index is 11.6. The van der Waals surface area contributed by atoms with Gasteiger partial charge in [-0.15, -0.1) is 0 Å². The molecule has 0 spiro atoms. The van der Waals surface area contributed by atoms with Gasteiger partial charge in [0, 0.05) is 12.6 Å². The molecule has 0 aromatic heterocycles. The van der Waals surface area contributed by atoms with Gasteiger partial charge in [0.1, 0.15) is 0 Å². The Kier molecular flexibility index (Phi) is 4.08. The smallest absolute Gasteiger partial charge is 0.244 e. The van der Waals surface area contributed by atoms with E-state index in [1.165, 1.54) is 18.4 Å². The fraction of sp³-hybridized carbons (Fsp3) is 0.471. The second-order valence-corrected chi connectivity index (χ2v) is 6.39. The van der Waals surface area contributed by atoms with Crippen LogP contribution < -0.4 is 5.32 Å². The summed E-state index contributed by atoms with van der Waals surface area (Å²) in [7, 11) is 0. The standard InChI is InChI=1S/C17H23NO/c1-17(2,3)15-9-6-13(7-10-15)8-11-16(19)18-12-14-4-5-14/h6-11,14H,4-5,12H2,1-3H3,(H,18,19). The molecular formula is C17H23NO. The first-order chi connectivity index (χ1) is 8.95. The van der Waals surface area contributed by atoms with Crippen molar-refractivity contribution in [2.24, 2.45) is 5.92 Å². The van der Waals surface area contributed by atoms with Gasteiger partial charge < -0.3 is 5.32 Å². The van der Waals surface area contributed by atoms with Gasteiger partial charge in [0.05, 0.1) is 0 Å². The number of hydrogen-bond donors (Lipinski definition) is 1. The zero-order chi connectivity index (χ0) is 13.9. The van der Waals surface area contributed by atoms with E-state index in [0.717, 1.165) is 18.0 Å². The summed E-state index contributed by atoms with van der Waals surface area (Å²) >= 11 is 0. The van der Waals surface area contributed by atoms with Gasteiger partial charge >= 0.3 is 0 Å². The van der Waals surface area contributed by atoms with Crippen LogP contribution in [-0.4, -0.2) is 12.5 Å². The molecule has 1 N–H and O–H groups in total. The summed E-state index contributed by atoms with van der Waals surface area (Å²) in [5.74, 6) is 0.732. The fourth-order valence-corrected chi connectivity index (χ4v) is 1.89. The number of amides is 1. The lowest BCUT2D eigenvalue weighted by Crippen LogP contribution is -2.23.